The highest BCUT2D eigenvalue weighted by Gasteiger charge is 2.12. The number of aromatic nitrogens is 4. The van der Waals surface area contributed by atoms with E-state index in [0.29, 0.717) is 11.5 Å². The fourth-order valence-corrected chi connectivity index (χ4v) is 2.29. The van der Waals surface area contributed by atoms with Crippen LogP contribution >= 0.6 is 0 Å². The number of halogens is 1. The lowest BCUT2D eigenvalue weighted by Gasteiger charge is -2.09. The van der Waals surface area contributed by atoms with Gasteiger partial charge >= 0.3 is 5.97 Å². The zero-order valence-corrected chi connectivity index (χ0v) is 13.7. The molecule has 7 nitrogen and oxygen atoms in total. The number of nitrogens with one attached hydrogen (secondary N) is 1. The van der Waals surface area contributed by atoms with Gasteiger partial charge in [-0.25, -0.2) is 9.18 Å². The molecular formula is C17H16FN5O2. The quantitative estimate of drug-likeness (QED) is 0.718. The second-order valence-electron chi connectivity index (χ2n) is 5.40. The van der Waals surface area contributed by atoms with Gasteiger partial charge in [-0.2, -0.15) is 4.68 Å². The third-order valence-electron chi connectivity index (χ3n) is 3.65. The topological polar surface area (TPSA) is 81.9 Å². The number of nitrogens with zero attached hydrogens (tertiary/aromatic N) is 4. The molecule has 1 aromatic heterocycles. The Morgan fingerprint density at radius 1 is 1.24 bits per heavy atom. The third-order valence-corrected chi connectivity index (χ3v) is 3.65. The SMILES string of the molecule is COC(=O)c1ccc(F)c(CNc2nnnn2-c2ccc(C)cc2)c1. The van der Waals surface area contributed by atoms with Gasteiger partial charge in [0.05, 0.1) is 18.4 Å². The predicted molar refractivity (Wildman–Crippen MR) is 89.0 cm³/mol. The summed E-state index contributed by atoms with van der Waals surface area (Å²) in [5, 5.41) is 14.5. The largest absolute Gasteiger partial charge is 0.465 e. The summed E-state index contributed by atoms with van der Waals surface area (Å²) >= 11 is 0. The Bertz CT molecular complexity index is 892. The van der Waals surface area contributed by atoms with Crippen molar-refractivity contribution in [1.29, 1.82) is 0 Å². The average Bonchev–Trinajstić information content (AvgIpc) is 3.09. The first-order chi connectivity index (χ1) is 12.1. The van der Waals surface area contributed by atoms with E-state index in [1.807, 2.05) is 31.2 Å². The van der Waals surface area contributed by atoms with Crippen LogP contribution in [0.15, 0.2) is 42.5 Å². The highest BCUT2D eigenvalue weighted by Crippen LogP contribution is 2.16. The molecule has 0 atom stereocenters. The van der Waals surface area contributed by atoms with E-state index in [1.54, 1.807) is 0 Å². The molecule has 0 amide bonds. The van der Waals surface area contributed by atoms with Gasteiger partial charge in [0.1, 0.15) is 5.82 Å². The molecule has 0 radical (unpaired) electrons. The molecule has 0 unspecified atom stereocenters. The van der Waals surface area contributed by atoms with E-state index in [1.165, 1.54) is 30.0 Å². The van der Waals surface area contributed by atoms with Crippen LogP contribution in [0.1, 0.15) is 21.5 Å². The molecular weight excluding hydrogens is 325 g/mol. The molecule has 0 fully saturated rings. The number of rotatable bonds is 5. The van der Waals surface area contributed by atoms with Crippen molar-refractivity contribution < 1.29 is 13.9 Å². The van der Waals surface area contributed by atoms with E-state index in [-0.39, 0.29) is 12.1 Å². The summed E-state index contributed by atoms with van der Waals surface area (Å²) in [6.45, 7) is 2.10. The van der Waals surface area contributed by atoms with Gasteiger partial charge < -0.3 is 10.1 Å². The molecule has 1 N–H and O–H groups in total. The third kappa shape index (κ3) is 3.63. The first-order valence-electron chi connectivity index (χ1n) is 7.54. The van der Waals surface area contributed by atoms with Crippen LogP contribution in [0.2, 0.25) is 0 Å². The molecule has 25 heavy (non-hydrogen) atoms. The van der Waals surface area contributed by atoms with E-state index < -0.39 is 11.8 Å². The molecule has 128 valence electrons. The summed E-state index contributed by atoms with van der Waals surface area (Å²) in [6.07, 6.45) is 0. The van der Waals surface area contributed by atoms with Crippen molar-refractivity contribution in [2.75, 3.05) is 12.4 Å². The van der Waals surface area contributed by atoms with E-state index in [2.05, 4.69) is 25.6 Å². The Morgan fingerprint density at radius 3 is 2.72 bits per heavy atom. The van der Waals surface area contributed by atoms with Crippen molar-refractivity contribution in [3.05, 3.63) is 65.0 Å². The van der Waals surface area contributed by atoms with Gasteiger partial charge in [-0.15, -0.1) is 0 Å². The van der Waals surface area contributed by atoms with Gasteiger partial charge in [0.2, 0.25) is 5.95 Å². The maximum atomic E-state index is 14.0. The van der Waals surface area contributed by atoms with E-state index in [4.69, 9.17) is 0 Å². The van der Waals surface area contributed by atoms with Gasteiger partial charge in [-0.1, -0.05) is 22.8 Å². The van der Waals surface area contributed by atoms with Gasteiger partial charge in [0.25, 0.3) is 0 Å². The summed E-state index contributed by atoms with van der Waals surface area (Å²) in [4.78, 5) is 11.6. The molecule has 0 spiro atoms. The Morgan fingerprint density at radius 2 is 2.00 bits per heavy atom. The van der Waals surface area contributed by atoms with Crippen molar-refractivity contribution in [2.45, 2.75) is 13.5 Å². The first kappa shape index (κ1) is 16.6. The van der Waals surface area contributed by atoms with Crippen LogP contribution < -0.4 is 5.32 Å². The molecule has 3 aromatic rings. The van der Waals surface area contributed by atoms with E-state index in [9.17, 15) is 9.18 Å². The number of esters is 1. The standard InChI is InChI=1S/C17H16FN5O2/c1-11-3-6-14(7-4-11)23-17(20-21-22-23)19-10-13-9-12(16(24)25-2)5-8-15(13)18/h3-9H,10H2,1-2H3,(H,19,20,22). The van der Waals surface area contributed by atoms with Crippen LogP contribution in [0.3, 0.4) is 0 Å². The van der Waals surface area contributed by atoms with Gasteiger partial charge in [0, 0.05) is 12.1 Å². The Kier molecular flexibility index (Phi) is 4.69. The van der Waals surface area contributed by atoms with Crippen molar-refractivity contribution in [3.63, 3.8) is 0 Å². The molecule has 3 rings (SSSR count). The minimum absolute atomic E-state index is 0.114. The fourth-order valence-electron chi connectivity index (χ4n) is 2.29. The Balaban J connectivity index is 1.80. The normalized spacial score (nSPS) is 10.5. The maximum Gasteiger partial charge on any atom is 0.337 e. The van der Waals surface area contributed by atoms with Gasteiger partial charge in [-0.3, -0.25) is 0 Å². The number of methoxy groups -OCH3 is 1. The molecule has 0 aliphatic carbocycles. The van der Waals surface area contributed by atoms with Crippen LogP contribution in [0.5, 0.6) is 0 Å². The minimum Gasteiger partial charge on any atom is -0.465 e. The fraction of sp³-hybridized carbons (Fsp3) is 0.176. The highest BCUT2D eigenvalue weighted by atomic mass is 19.1. The van der Waals surface area contributed by atoms with Crippen molar-refractivity contribution in [1.82, 2.24) is 20.2 Å². The molecule has 0 saturated heterocycles. The van der Waals surface area contributed by atoms with Crippen LogP contribution in [-0.2, 0) is 11.3 Å². The van der Waals surface area contributed by atoms with Crippen molar-refractivity contribution >= 4 is 11.9 Å². The lowest BCUT2D eigenvalue weighted by Crippen LogP contribution is -2.10. The molecule has 8 heteroatoms. The monoisotopic (exact) mass is 341 g/mol. The van der Waals surface area contributed by atoms with Crippen LogP contribution in [0, 0.1) is 12.7 Å². The molecule has 1 heterocycles. The van der Waals surface area contributed by atoms with Gasteiger partial charge in [-0.05, 0) is 47.7 Å². The number of ether oxygens (including phenoxy) is 1. The lowest BCUT2D eigenvalue weighted by atomic mass is 10.1. The second-order valence-corrected chi connectivity index (χ2v) is 5.40. The Hall–Kier alpha value is -3.29. The number of hydrogen-bond donors (Lipinski definition) is 1. The first-order valence-corrected chi connectivity index (χ1v) is 7.54. The predicted octanol–water partition coefficient (Wildman–Crippen LogP) is 2.51. The molecule has 2 aromatic carbocycles. The summed E-state index contributed by atoms with van der Waals surface area (Å²) in [5.74, 6) is -0.591. The van der Waals surface area contributed by atoms with Crippen molar-refractivity contribution in [3.8, 4) is 5.69 Å². The average molecular weight is 341 g/mol. The van der Waals surface area contributed by atoms with E-state index in [0.717, 1.165) is 11.3 Å². The maximum absolute atomic E-state index is 14.0. The number of tetrazole rings is 1. The summed E-state index contributed by atoms with van der Waals surface area (Å²) in [7, 11) is 1.28. The number of carbonyl (C=O) groups is 1. The number of anilines is 1. The van der Waals surface area contributed by atoms with Crippen LogP contribution in [0.4, 0.5) is 10.3 Å². The number of aryl methyl sites for hydroxylation is 1. The summed E-state index contributed by atoms with van der Waals surface area (Å²) in [5.41, 5.74) is 2.48. The lowest BCUT2D eigenvalue weighted by molar-refractivity contribution is 0.0600. The molecule has 0 aliphatic rings. The molecule has 0 bridgehead atoms. The smallest absolute Gasteiger partial charge is 0.337 e. The number of carbonyl (C=O) groups excluding carboxylic acids is 1. The zero-order valence-electron chi connectivity index (χ0n) is 13.7. The number of hydrogen-bond acceptors (Lipinski definition) is 6. The molecule has 0 aliphatic heterocycles. The zero-order chi connectivity index (χ0) is 17.8. The number of benzene rings is 2. The van der Waals surface area contributed by atoms with Crippen LogP contribution in [-0.4, -0.2) is 33.3 Å². The van der Waals surface area contributed by atoms with Crippen LogP contribution in [0.25, 0.3) is 5.69 Å². The molecule has 0 saturated carbocycles. The Labute approximate surface area is 143 Å². The summed E-state index contributed by atoms with van der Waals surface area (Å²) < 4.78 is 20.1. The van der Waals surface area contributed by atoms with Crippen molar-refractivity contribution in [2.24, 2.45) is 0 Å². The van der Waals surface area contributed by atoms with E-state index >= 15 is 0 Å². The minimum atomic E-state index is -0.522. The van der Waals surface area contributed by atoms with Gasteiger partial charge in [0.15, 0.2) is 0 Å². The highest BCUT2D eigenvalue weighted by molar-refractivity contribution is 5.89. The second kappa shape index (κ2) is 7.08. The summed E-state index contributed by atoms with van der Waals surface area (Å²) in [6, 6.07) is 11.7.